The molecule has 1 aliphatic carbocycles. The van der Waals surface area contributed by atoms with E-state index in [1.807, 2.05) is 6.07 Å². The van der Waals surface area contributed by atoms with Crippen molar-refractivity contribution < 1.29 is 0 Å². The molecule has 0 aliphatic heterocycles. The Morgan fingerprint density at radius 3 is 1.89 bits per heavy atom. The molecule has 0 spiro atoms. The molecule has 1 aliphatic rings. The number of fused-ring (bicyclic) bond motifs is 5. The monoisotopic (exact) mass is 685 g/mol. The van der Waals surface area contributed by atoms with Crippen LogP contribution >= 0.6 is 0 Å². The zero-order chi connectivity index (χ0) is 35.9. The second-order valence-electron chi connectivity index (χ2n) is 13.9. The minimum absolute atomic E-state index is 0.664. The van der Waals surface area contributed by atoms with E-state index in [2.05, 4.69) is 223 Å². The van der Waals surface area contributed by atoms with Crippen LogP contribution in [0, 0.1) is 11.8 Å². The minimum Gasteiger partial charge on any atom is -0.310 e. The molecule has 0 saturated carbocycles. The topological polar surface area (TPSA) is 3.24 Å². The van der Waals surface area contributed by atoms with Crippen LogP contribution in [0.2, 0.25) is 0 Å². The fraction of sp³-hybridized carbons (Fsp3) is 0.0189. The Morgan fingerprint density at radius 1 is 0.407 bits per heavy atom. The predicted octanol–water partition coefficient (Wildman–Crippen LogP) is 13.5. The molecule has 0 amide bonds. The van der Waals surface area contributed by atoms with Gasteiger partial charge in [-0.2, -0.15) is 0 Å². The molecule has 10 rings (SSSR count). The fourth-order valence-corrected chi connectivity index (χ4v) is 8.41. The first kappa shape index (κ1) is 31.6. The van der Waals surface area contributed by atoms with E-state index in [0.29, 0.717) is 0 Å². The molecule has 9 aromatic carbocycles. The Hall–Kier alpha value is -7.14. The molecule has 252 valence electrons. The Balaban J connectivity index is 1.18. The maximum atomic E-state index is 3.87. The van der Waals surface area contributed by atoms with Crippen LogP contribution in [0.15, 0.2) is 212 Å². The molecule has 1 atom stereocenters. The highest BCUT2D eigenvalue weighted by atomic mass is 15.1. The lowest BCUT2D eigenvalue weighted by molar-refractivity contribution is 0.837. The van der Waals surface area contributed by atoms with E-state index in [1.54, 1.807) is 0 Å². The zero-order valence-electron chi connectivity index (χ0n) is 29.7. The summed E-state index contributed by atoms with van der Waals surface area (Å²) >= 11 is 0. The molecule has 0 aromatic heterocycles. The zero-order valence-corrected chi connectivity index (χ0v) is 29.7. The van der Waals surface area contributed by atoms with Crippen LogP contribution in [-0.2, 0) is 5.41 Å². The van der Waals surface area contributed by atoms with Crippen molar-refractivity contribution in [1.82, 2.24) is 0 Å². The van der Waals surface area contributed by atoms with Crippen LogP contribution in [0.1, 0.15) is 22.3 Å². The summed E-state index contributed by atoms with van der Waals surface area (Å²) in [6, 6.07) is 76.3. The van der Waals surface area contributed by atoms with E-state index in [4.69, 9.17) is 0 Å². The van der Waals surface area contributed by atoms with Crippen LogP contribution in [-0.4, -0.2) is 0 Å². The van der Waals surface area contributed by atoms with Crippen LogP contribution in [0.4, 0.5) is 17.1 Å². The van der Waals surface area contributed by atoms with Gasteiger partial charge >= 0.3 is 0 Å². The van der Waals surface area contributed by atoms with Crippen molar-refractivity contribution in [2.45, 2.75) is 5.41 Å². The Morgan fingerprint density at radius 2 is 1.04 bits per heavy atom. The van der Waals surface area contributed by atoms with Gasteiger partial charge in [-0.15, -0.1) is 0 Å². The normalized spacial score (nSPS) is 14.2. The van der Waals surface area contributed by atoms with Crippen LogP contribution in [0.3, 0.4) is 0 Å². The van der Waals surface area contributed by atoms with Crippen molar-refractivity contribution in [1.29, 1.82) is 0 Å². The summed E-state index contributed by atoms with van der Waals surface area (Å²) in [5.74, 6) is 7.47. The summed E-state index contributed by atoms with van der Waals surface area (Å²) in [5.41, 5.74) is 12.1. The maximum absolute atomic E-state index is 3.87. The van der Waals surface area contributed by atoms with Gasteiger partial charge < -0.3 is 4.90 Å². The first-order valence-electron chi connectivity index (χ1n) is 18.5. The summed E-state index contributed by atoms with van der Waals surface area (Å²) in [6.07, 6.45) is 0. The smallest absolute Gasteiger partial charge is 0.108 e. The van der Waals surface area contributed by atoms with Crippen molar-refractivity contribution in [3.05, 3.63) is 235 Å². The van der Waals surface area contributed by atoms with Crippen LogP contribution < -0.4 is 4.90 Å². The number of benzene rings is 9. The van der Waals surface area contributed by atoms with Crippen LogP contribution in [0.25, 0.3) is 43.8 Å². The molecule has 0 bridgehead atoms. The Kier molecular flexibility index (Phi) is 7.68. The highest BCUT2D eigenvalue weighted by Gasteiger charge is 2.45. The minimum atomic E-state index is -0.664. The molecular formula is C53H35N. The second-order valence-corrected chi connectivity index (χ2v) is 13.9. The Labute approximate surface area is 316 Å². The number of anilines is 3. The lowest BCUT2D eigenvalue weighted by Crippen LogP contribution is -2.25. The lowest BCUT2D eigenvalue weighted by Gasteiger charge is -2.30. The van der Waals surface area contributed by atoms with Gasteiger partial charge in [0.15, 0.2) is 0 Å². The van der Waals surface area contributed by atoms with Gasteiger partial charge in [-0.1, -0.05) is 176 Å². The number of rotatable bonds is 5. The van der Waals surface area contributed by atoms with Crippen molar-refractivity contribution >= 4 is 38.6 Å². The number of hydrogen-bond donors (Lipinski definition) is 0. The van der Waals surface area contributed by atoms with Gasteiger partial charge in [0.2, 0.25) is 0 Å². The quantitative estimate of drug-likeness (QED) is 0.163. The van der Waals surface area contributed by atoms with E-state index in [9.17, 15) is 0 Å². The number of hydrogen-bond acceptors (Lipinski definition) is 1. The van der Waals surface area contributed by atoms with Gasteiger partial charge in [-0.05, 0) is 103 Å². The third-order valence-corrected chi connectivity index (χ3v) is 10.9. The molecule has 1 unspecified atom stereocenters. The molecule has 9 aromatic rings. The molecule has 1 nitrogen and oxygen atoms in total. The third kappa shape index (κ3) is 5.20. The van der Waals surface area contributed by atoms with E-state index >= 15 is 0 Å². The highest BCUT2D eigenvalue weighted by molar-refractivity contribution is 6.01. The summed E-state index contributed by atoms with van der Waals surface area (Å²) in [6.45, 7) is 0. The highest BCUT2D eigenvalue weighted by Crippen LogP contribution is 2.56. The van der Waals surface area contributed by atoms with E-state index in [1.165, 1.54) is 54.9 Å². The summed E-state index contributed by atoms with van der Waals surface area (Å²) in [4.78, 5) is 2.42. The van der Waals surface area contributed by atoms with Crippen molar-refractivity contribution in [2.24, 2.45) is 0 Å². The molecule has 0 heterocycles. The van der Waals surface area contributed by atoms with Crippen molar-refractivity contribution in [3.8, 4) is 34.1 Å². The fourth-order valence-electron chi connectivity index (χ4n) is 8.41. The standard InChI is InChI=1S/C53H35N/c1-4-16-38(17-5-1)34-35-53(43-20-6-2-7-21-43)49-27-13-12-25-48(49)52-50(53)28-15-29-51(52)54(44-22-8-3-9-23-44)45-33-32-40-36-42(31-30-41(40)37-45)47-26-14-19-39-18-10-11-24-46(39)47/h1-33,36-37H. The summed E-state index contributed by atoms with van der Waals surface area (Å²) in [7, 11) is 0. The van der Waals surface area contributed by atoms with E-state index < -0.39 is 5.41 Å². The largest absolute Gasteiger partial charge is 0.310 e. The van der Waals surface area contributed by atoms with E-state index in [-0.39, 0.29) is 0 Å². The first-order chi connectivity index (χ1) is 26.8. The molecular weight excluding hydrogens is 651 g/mol. The molecule has 1 heteroatoms. The molecule has 54 heavy (non-hydrogen) atoms. The first-order valence-corrected chi connectivity index (χ1v) is 18.5. The van der Waals surface area contributed by atoms with Crippen molar-refractivity contribution in [2.75, 3.05) is 4.90 Å². The van der Waals surface area contributed by atoms with Gasteiger partial charge in [0.05, 0.1) is 5.69 Å². The summed E-state index contributed by atoms with van der Waals surface area (Å²) < 4.78 is 0. The molecule has 0 N–H and O–H groups in total. The maximum Gasteiger partial charge on any atom is 0.108 e. The van der Waals surface area contributed by atoms with Crippen molar-refractivity contribution in [3.63, 3.8) is 0 Å². The third-order valence-electron chi connectivity index (χ3n) is 10.9. The SMILES string of the molecule is C(#CC1(c2ccccc2)c2ccccc2-c2c(N(c3ccccc3)c3ccc4cc(-c5cccc6ccccc56)ccc4c3)cccc21)c1ccccc1. The average molecular weight is 686 g/mol. The van der Waals surface area contributed by atoms with Crippen LogP contribution in [0.5, 0.6) is 0 Å². The number of para-hydroxylation sites is 1. The molecule has 0 radical (unpaired) electrons. The lowest BCUT2D eigenvalue weighted by atomic mass is 9.73. The summed E-state index contributed by atoms with van der Waals surface area (Å²) in [5, 5.41) is 4.92. The number of nitrogens with zero attached hydrogens (tertiary/aromatic N) is 1. The van der Waals surface area contributed by atoms with Gasteiger partial charge in [0.25, 0.3) is 0 Å². The van der Waals surface area contributed by atoms with Gasteiger partial charge in [0, 0.05) is 22.5 Å². The van der Waals surface area contributed by atoms with Gasteiger partial charge in [0.1, 0.15) is 5.41 Å². The van der Waals surface area contributed by atoms with Gasteiger partial charge in [-0.3, -0.25) is 0 Å². The predicted molar refractivity (Wildman–Crippen MR) is 227 cm³/mol. The Bertz CT molecular complexity index is 2880. The molecule has 0 saturated heterocycles. The molecule has 0 fully saturated rings. The van der Waals surface area contributed by atoms with E-state index in [0.717, 1.165) is 28.2 Å². The average Bonchev–Trinajstić information content (AvgIpc) is 3.54. The van der Waals surface area contributed by atoms with Gasteiger partial charge in [-0.25, -0.2) is 0 Å². The second kappa shape index (κ2) is 13.1.